The minimum Gasteiger partial charge on any atom is -0.368 e. The smallest absolute Gasteiger partial charge is 0.191 e. The number of nitrogens with one attached hydrogen (secondary N) is 3. The Kier molecular flexibility index (Phi) is 5.72. The summed E-state index contributed by atoms with van der Waals surface area (Å²) in [5.41, 5.74) is 3.26. The Morgan fingerprint density at radius 1 is 1.04 bits per heavy atom. The fourth-order valence-corrected chi connectivity index (χ4v) is 3.89. The Balaban J connectivity index is 1.39. The van der Waals surface area contributed by atoms with Gasteiger partial charge in [0.05, 0.1) is 15.6 Å². The summed E-state index contributed by atoms with van der Waals surface area (Å²) < 4.78 is 0. The molecule has 28 heavy (non-hydrogen) atoms. The van der Waals surface area contributed by atoms with Gasteiger partial charge < -0.3 is 15.6 Å². The monoisotopic (exact) mass is 413 g/mol. The Morgan fingerprint density at radius 2 is 1.89 bits per heavy atom. The highest BCUT2D eigenvalue weighted by Crippen LogP contribution is 2.24. The van der Waals surface area contributed by atoms with Crippen LogP contribution in [-0.2, 0) is 6.54 Å². The van der Waals surface area contributed by atoms with E-state index < -0.39 is 0 Å². The van der Waals surface area contributed by atoms with Crippen molar-refractivity contribution in [1.82, 2.24) is 10.3 Å². The summed E-state index contributed by atoms with van der Waals surface area (Å²) in [5, 5.41) is 8.80. The van der Waals surface area contributed by atoms with Gasteiger partial charge in [0.1, 0.15) is 5.82 Å². The second-order valence-electron chi connectivity index (χ2n) is 6.98. The first-order chi connectivity index (χ1) is 13.6. The van der Waals surface area contributed by atoms with Crippen molar-refractivity contribution in [3.05, 3.63) is 86.0 Å². The lowest BCUT2D eigenvalue weighted by Crippen LogP contribution is -2.30. The molecule has 4 nitrogen and oxygen atoms in total. The van der Waals surface area contributed by atoms with Crippen molar-refractivity contribution in [2.45, 2.75) is 25.4 Å². The van der Waals surface area contributed by atoms with E-state index in [-0.39, 0.29) is 5.43 Å². The van der Waals surface area contributed by atoms with Gasteiger partial charge in [0.2, 0.25) is 0 Å². The molecule has 1 atom stereocenters. The Labute approximate surface area is 173 Å². The molecule has 0 aliphatic heterocycles. The third-order valence-electron chi connectivity index (χ3n) is 5.07. The van der Waals surface area contributed by atoms with Crippen molar-refractivity contribution < 1.29 is 0 Å². The van der Waals surface area contributed by atoms with E-state index in [0.717, 1.165) is 36.3 Å². The van der Waals surface area contributed by atoms with Crippen LogP contribution < -0.4 is 16.1 Å². The molecule has 3 aromatic rings. The molecule has 2 aromatic carbocycles. The first kappa shape index (κ1) is 19.1. The van der Waals surface area contributed by atoms with Gasteiger partial charge in [-0.3, -0.25) is 4.79 Å². The summed E-state index contributed by atoms with van der Waals surface area (Å²) >= 11 is 12.1. The number of aromatic nitrogens is 1. The summed E-state index contributed by atoms with van der Waals surface area (Å²) in [6, 6.07) is 15.2. The van der Waals surface area contributed by atoms with E-state index in [1.54, 1.807) is 6.07 Å². The Bertz CT molecular complexity index is 1090. The highest BCUT2D eigenvalue weighted by molar-refractivity contribution is 6.42. The Hall–Kier alpha value is -2.27. The SMILES string of the molecule is O=c1cc(NCC2=CCC[C@@H]2NCc2ccc(Cl)c(Cl)c2)[nH]c2ccccc12. The van der Waals surface area contributed by atoms with Gasteiger partial charge in [-0.2, -0.15) is 0 Å². The normalized spacial score (nSPS) is 16.4. The molecule has 1 aliphatic rings. The van der Waals surface area contributed by atoms with Crippen molar-refractivity contribution in [1.29, 1.82) is 0 Å². The van der Waals surface area contributed by atoms with Crippen molar-refractivity contribution in [2.24, 2.45) is 0 Å². The molecule has 0 saturated heterocycles. The molecule has 0 amide bonds. The molecule has 0 spiro atoms. The van der Waals surface area contributed by atoms with Gasteiger partial charge in [0, 0.05) is 30.6 Å². The maximum Gasteiger partial charge on any atom is 0.191 e. The summed E-state index contributed by atoms with van der Waals surface area (Å²) in [4.78, 5) is 15.6. The quantitative estimate of drug-likeness (QED) is 0.491. The Morgan fingerprint density at radius 3 is 2.75 bits per heavy atom. The number of fused-ring (bicyclic) bond motifs is 1. The first-order valence-corrected chi connectivity index (χ1v) is 10.1. The predicted octanol–water partition coefficient (Wildman–Crippen LogP) is 5.13. The third-order valence-corrected chi connectivity index (χ3v) is 5.81. The van der Waals surface area contributed by atoms with E-state index in [4.69, 9.17) is 23.2 Å². The molecule has 0 unspecified atom stereocenters. The lowest BCUT2D eigenvalue weighted by molar-refractivity contribution is 0.560. The molecule has 1 aliphatic carbocycles. The zero-order valence-electron chi connectivity index (χ0n) is 15.3. The number of H-pyrrole nitrogens is 1. The molecule has 0 bridgehead atoms. The predicted molar refractivity (Wildman–Crippen MR) is 117 cm³/mol. The lowest BCUT2D eigenvalue weighted by Gasteiger charge is -2.18. The molecule has 0 radical (unpaired) electrons. The molecule has 1 heterocycles. The van der Waals surface area contributed by atoms with Crippen LogP contribution >= 0.6 is 23.2 Å². The average molecular weight is 414 g/mol. The van der Waals surface area contributed by atoms with Gasteiger partial charge in [0.25, 0.3) is 0 Å². The van der Waals surface area contributed by atoms with Gasteiger partial charge in [-0.05, 0) is 48.2 Å². The third kappa shape index (κ3) is 4.25. The number of anilines is 1. The van der Waals surface area contributed by atoms with E-state index in [2.05, 4.69) is 21.7 Å². The maximum absolute atomic E-state index is 12.3. The fourth-order valence-electron chi connectivity index (χ4n) is 3.57. The summed E-state index contributed by atoms with van der Waals surface area (Å²) in [7, 11) is 0. The molecule has 6 heteroatoms. The van der Waals surface area contributed by atoms with Gasteiger partial charge in [-0.1, -0.05) is 47.5 Å². The lowest BCUT2D eigenvalue weighted by atomic mass is 10.1. The molecule has 4 rings (SSSR count). The van der Waals surface area contributed by atoms with Crippen molar-refractivity contribution in [2.75, 3.05) is 11.9 Å². The standard InChI is InChI=1S/C22H21Cl2N3O/c23-17-9-8-14(10-18(17)24)12-25-19-7-3-4-15(19)13-26-22-11-21(28)16-5-1-2-6-20(16)27-22/h1-2,4-6,8-11,19,25H,3,7,12-13H2,(H2,26,27,28)/t19-/m0/s1. The van der Waals surface area contributed by atoms with E-state index in [1.165, 1.54) is 5.57 Å². The number of hydrogen-bond acceptors (Lipinski definition) is 3. The van der Waals surface area contributed by atoms with Crippen LogP contribution in [0.4, 0.5) is 5.82 Å². The zero-order chi connectivity index (χ0) is 19.5. The highest BCUT2D eigenvalue weighted by atomic mass is 35.5. The van der Waals surface area contributed by atoms with Gasteiger partial charge in [-0.15, -0.1) is 0 Å². The number of para-hydroxylation sites is 1. The molecule has 144 valence electrons. The first-order valence-electron chi connectivity index (χ1n) is 9.32. The second-order valence-corrected chi connectivity index (χ2v) is 7.80. The summed E-state index contributed by atoms with van der Waals surface area (Å²) in [6.07, 6.45) is 4.37. The van der Waals surface area contributed by atoms with E-state index in [9.17, 15) is 4.79 Å². The van der Waals surface area contributed by atoms with Crippen LogP contribution in [0.25, 0.3) is 10.9 Å². The van der Waals surface area contributed by atoms with E-state index >= 15 is 0 Å². The van der Waals surface area contributed by atoms with Gasteiger partial charge in [-0.25, -0.2) is 0 Å². The van der Waals surface area contributed by atoms with Crippen molar-refractivity contribution >= 4 is 39.9 Å². The maximum atomic E-state index is 12.3. The summed E-state index contributed by atoms with van der Waals surface area (Å²) in [5.74, 6) is 0.736. The van der Waals surface area contributed by atoms with Crippen LogP contribution in [0, 0.1) is 0 Å². The second kappa shape index (κ2) is 8.39. The largest absolute Gasteiger partial charge is 0.368 e. The minimum absolute atomic E-state index is 0.0199. The minimum atomic E-state index is 0.0199. The highest BCUT2D eigenvalue weighted by Gasteiger charge is 2.18. The molecule has 3 N–H and O–H groups in total. The number of halogens is 2. The van der Waals surface area contributed by atoms with Gasteiger partial charge >= 0.3 is 0 Å². The van der Waals surface area contributed by atoms with E-state index in [1.807, 2.05) is 42.5 Å². The molecular formula is C22H21Cl2N3O. The van der Waals surface area contributed by atoms with E-state index in [0.29, 0.717) is 28.0 Å². The van der Waals surface area contributed by atoms with Crippen LogP contribution in [0.15, 0.2) is 65.0 Å². The van der Waals surface area contributed by atoms with Crippen molar-refractivity contribution in [3.8, 4) is 0 Å². The topological polar surface area (TPSA) is 56.9 Å². The van der Waals surface area contributed by atoms with Crippen LogP contribution in [0.5, 0.6) is 0 Å². The molecular weight excluding hydrogens is 393 g/mol. The van der Waals surface area contributed by atoms with Crippen LogP contribution in [-0.4, -0.2) is 17.6 Å². The molecule has 1 aromatic heterocycles. The fraction of sp³-hybridized carbons (Fsp3) is 0.227. The zero-order valence-corrected chi connectivity index (χ0v) is 16.8. The van der Waals surface area contributed by atoms with Crippen LogP contribution in [0.3, 0.4) is 0 Å². The molecule has 0 fully saturated rings. The number of rotatable bonds is 6. The van der Waals surface area contributed by atoms with Crippen molar-refractivity contribution in [3.63, 3.8) is 0 Å². The van der Waals surface area contributed by atoms with Crippen LogP contribution in [0.1, 0.15) is 18.4 Å². The van der Waals surface area contributed by atoms with Gasteiger partial charge in [0.15, 0.2) is 5.43 Å². The molecule has 0 saturated carbocycles. The number of aromatic amines is 1. The van der Waals surface area contributed by atoms with Crippen LogP contribution in [0.2, 0.25) is 10.0 Å². The number of hydrogen-bond donors (Lipinski definition) is 3. The summed E-state index contributed by atoms with van der Waals surface area (Å²) in [6.45, 7) is 1.42. The average Bonchev–Trinajstić information content (AvgIpc) is 3.15. The number of pyridine rings is 1. The number of benzene rings is 2. The number of allylic oxidation sites excluding steroid dienone is 1.